The molecule has 0 N–H and O–H groups in total. The molecule has 81 heavy (non-hydrogen) atoms. The molecule has 0 heterocycles. The summed E-state index contributed by atoms with van der Waals surface area (Å²) in [5, 5.41) is 0. The molecule has 0 amide bonds. The smallest absolute Gasteiger partial charge is 0.0740 e. The Morgan fingerprint density at radius 2 is 0.704 bits per heavy atom. The van der Waals surface area contributed by atoms with Gasteiger partial charge in [-0.2, -0.15) is 0 Å². The van der Waals surface area contributed by atoms with Gasteiger partial charge in [-0.15, -0.1) is 0 Å². The number of hydrogen-bond acceptors (Lipinski definition) is 1. The summed E-state index contributed by atoms with van der Waals surface area (Å²) in [4.78, 5) is 2.77. The molecular formula is C80H63N. The molecule has 0 aromatic heterocycles. The highest BCUT2D eigenvalue weighted by Crippen LogP contribution is 2.72. The van der Waals surface area contributed by atoms with Gasteiger partial charge in [0, 0.05) is 22.1 Å². The highest BCUT2D eigenvalue weighted by Gasteiger charge is 2.63. The van der Waals surface area contributed by atoms with Crippen LogP contribution in [-0.4, -0.2) is 0 Å². The van der Waals surface area contributed by atoms with E-state index in [-0.39, 0.29) is 10.8 Å². The third kappa shape index (κ3) is 6.55. The molecule has 4 saturated carbocycles. The Bertz CT molecular complexity index is 4190. The van der Waals surface area contributed by atoms with Gasteiger partial charge in [-0.3, -0.25) is 0 Å². The highest BCUT2D eigenvalue weighted by molar-refractivity contribution is 5.99. The van der Waals surface area contributed by atoms with Crippen molar-refractivity contribution < 1.29 is 0 Å². The Morgan fingerprint density at radius 1 is 0.296 bits per heavy atom. The van der Waals surface area contributed by atoms with Crippen LogP contribution in [0.2, 0.25) is 0 Å². The average molecular weight is 1040 g/mol. The predicted molar refractivity (Wildman–Crippen MR) is 336 cm³/mol. The van der Waals surface area contributed by atoms with Crippen molar-refractivity contribution in [3.63, 3.8) is 0 Å². The normalized spacial score (nSPS) is 21.2. The highest BCUT2D eigenvalue weighted by atomic mass is 15.2. The van der Waals surface area contributed by atoms with Gasteiger partial charge in [0.05, 0.1) is 16.8 Å². The minimum atomic E-state index is -0.679. The van der Waals surface area contributed by atoms with Gasteiger partial charge in [-0.1, -0.05) is 238 Å². The van der Waals surface area contributed by atoms with Crippen LogP contribution in [0.25, 0.3) is 66.8 Å². The SMILES string of the molecule is CC1(C)c2cc(-c3ccccc3)ccc2C2(c3ccccc3-c3cccc(N(c4ccc(-c5ccccc5-c5ccccc5)cc4)c4cccc5c4C4(c6ccccc6-5)C5CC6CC(C5)CC4C6)c32)c2ccc(-c3ccccc3)cc21. The van der Waals surface area contributed by atoms with E-state index in [0.29, 0.717) is 11.8 Å². The second-order valence-corrected chi connectivity index (χ2v) is 25.1. The quantitative estimate of drug-likeness (QED) is 0.154. The van der Waals surface area contributed by atoms with E-state index < -0.39 is 5.41 Å². The summed E-state index contributed by atoms with van der Waals surface area (Å²) in [6.07, 6.45) is 6.71. The van der Waals surface area contributed by atoms with Gasteiger partial charge in [-0.25, -0.2) is 0 Å². The lowest BCUT2D eigenvalue weighted by Gasteiger charge is -2.61. The summed E-state index contributed by atoms with van der Waals surface area (Å²) in [6.45, 7) is 4.96. The molecule has 0 saturated heterocycles. The van der Waals surface area contributed by atoms with Crippen molar-refractivity contribution >= 4 is 17.1 Å². The van der Waals surface area contributed by atoms with E-state index in [0.717, 1.165) is 11.8 Å². The summed E-state index contributed by atoms with van der Waals surface area (Å²) < 4.78 is 0. The van der Waals surface area contributed by atoms with E-state index in [2.05, 4.69) is 280 Å². The van der Waals surface area contributed by atoms with Gasteiger partial charge in [-0.05, 0) is 198 Å². The molecule has 0 aliphatic heterocycles. The summed E-state index contributed by atoms with van der Waals surface area (Å²) in [6, 6.07) is 100. The minimum absolute atomic E-state index is 0.0723. The maximum Gasteiger partial charge on any atom is 0.0740 e. The van der Waals surface area contributed by atoms with Crippen molar-refractivity contribution in [1.29, 1.82) is 0 Å². The van der Waals surface area contributed by atoms with Crippen molar-refractivity contribution in [1.82, 2.24) is 0 Å². The van der Waals surface area contributed by atoms with Crippen LogP contribution < -0.4 is 4.90 Å². The number of rotatable bonds is 7. The molecule has 18 rings (SSSR count). The molecule has 7 aliphatic carbocycles. The second kappa shape index (κ2) is 17.6. The molecule has 388 valence electrons. The fourth-order valence-corrected chi connectivity index (χ4v) is 17.9. The summed E-state index contributed by atoms with van der Waals surface area (Å²) >= 11 is 0. The van der Waals surface area contributed by atoms with Crippen molar-refractivity contribution in [3.8, 4) is 66.8 Å². The van der Waals surface area contributed by atoms with Crippen molar-refractivity contribution in [2.45, 2.75) is 62.2 Å². The zero-order chi connectivity index (χ0) is 53.6. The van der Waals surface area contributed by atoms with E-state index in [1.165, 1.54) is 149 Å². The fraction of sp³-hybridized carbons (Fsp3) is 0.175. The third-order valence-corrected chi connectivity index (χ3v) is 20.9. The van der Waals surface area contributed by atoms with Crippen LogP contribution in [0.15, 0.2) is 261 Å². The first-order chi connectivity index (χ1) is 39.9. The van der Waals surface area contributed by atoms with Crippen LogP contribution in [0, 0.1) is 23.7 Å². The van der Waals surface area contributed by atoms with Gasteiger partial charge < -0.3 is 4.90 Å². The average Bonchev–Trinajstić information content (AvgIpc) is 4.04. The summed E-state index contributed by atoms with van der Waals surface area (Å²) in [5.41, 5.74) is 29.3. The standard InChI is InChI=1S/C80H63N/c1-78(2)72-49-57(53-20-6-3-7-21-53)38-42-70(72)80(71-43-39-58(50-73(71)78)54-22-8-4-9-23-54)69-33-17-15-29-65(69)67-31-19-35-75(77(67)80)81(61-40-36-56(37-41-61)63-27-13-12-26-62(63)55-24-10-5-11-25-55)74-34-18-30-66-64-28-14-16-32-68(64)79(76(66)74)59-45-51-44-52(47-59)48-60(79)46-51/h3-43,49-52,59-60H,44-48H2,1-2H3. The van der Waals surface area contributed by atoms with Crippen LogP contribution in [-0.2, 0) is 16.2 Å². The van der Waals surface area contributed by atoms with Gasteiger partial charge in [0.15, 0.2) is 0 Å². The maximum atomic E-state index is 2.77. The molecule has 0 unspecified atom stereocenters. The Kier molecular flexibility index (Phi) is 10.2. The zero-order valence-corrected chi connectivity index (χ0v) is 46.1. The first-order valence-corrected chi connectivity index (χ1v) is 29.8. The Morgan fingerprint density at radius 3 is 1.25 bits per heavy atom. The van der Waals surface area contributed by atoms with Crippen LogP contribution in [0.5, 0.6) is 0 Å². The van der Waals surface area contributed by atoms with Gasteiger partial charge in [0.25, 0.3) is 0 Å². The number of fused-ring (bicyclic) bond motifs is 12. The number of hydrogen-bond donors (Lipinski definition) is 0. The van der Waals surface area contributed by atoms with E-state index >= 15 is 0 Å². The minimum Gasteiger partial charge on any atom is -0.310 e. The lowest BCUT2D eigenvalue weighted by atomic mass is 9.43. The van der Waals surface area contributed by atoms with Crippen molar-refractivity contribution in [2.24, 2.45) is 23.7 Å². The maximum absolute atomic E-state index is 2.77. The Hall–Kier alpha value is -8.78. The Labute approximate surface area is 477 Å². The molecule has 1 heteroatoms. The van der Waals surface area contributed by atoms with Crippen LogP contribution in [0.3, 0.4) is 0 Å². The van der Waals surface area contributed by atoms with E-state index in [4.69, 9.17) is 0 Å². The largest absolute Gasteiger partial charge is 0.310 e. The zero-order valence-electron chi connectivity index (χ0n) is 46.1. The molecule has 4 fully saturated rings. The molecular weight excluding hydrogens is 975 g/mol. The molecule has 0 radical (unpaired) electrons. The lowest BCUT2D eigenvalue weighted by Crippen LogP contribution is -2.55. The molecule has 11 aromatic rings. The van der Waals surface area contributed by atoms with Gasteiger partial charge in [0.2, 0.25) is 0 Å². The van der Waals surface area contributed by atoms with Crippen molar-refractivity contribution in [2.75, 3.05) is 4.90 Å². The molecule has 0 atom stereocenters. The Balaban J connectivity index is 0.971. The van der Waals surface area contributed by atoms with E-state index in [9.17, 15) is 0 Å². The van der Waals surface area contributed by atoms with Gasteiger partial charge in [0.1, 0.15) is 0 Å². The number of benzene rings is 11. The molecule has 2 spiro atoms. The summed E-state index contributed by atoms with van der Waals surface area (Å²) in [5.74, 6) is 2.87. The van der Waals surface area contributed by atoms with Crippen LogP contribution in [0.1, 0.15) is 90.5 Å². The lowest BCUT2D eigenvalue weighted by molar-refractivity contribution is -0.0397. The second-order valence-electron chi connectivity index (χ2n) is 25.1. The van der Waals surface area contributed by atoms with Crippen molar-refractivity contribution in [3.05, 3.63) is 305 Å². The summed E-state index contributed by atoms with van der Waals surface area (Å²) in [7, 11) is 0. The van der Waals surface area contributed by atoms with E-state index in [1.807, 2.05) is 0 Å². The third-order valence-electron chi connectivity index (χ3n) is 20.9. The van der Waals surface area contributed by atoms with Crippen LogP contribution in [0.4, 0.5) is 17.1 Å². The predicted octanol–water partition coefficient (Wildman–Crippen LogP) is 20.5. The molecule has 1 nitrogen and oxygen atoms in total. The first kappa shape index (κ1) is 47.1. The van der Waals surface area contributed by atoms with E-state index in [1.54, 1.807) is 11.1 Å². The fourth-order valence-electron chi connectivity index (χ4n) is 17.9. The van der Waals surface area contributed by atoms with Crippen LogP contribution >= 0.6 is 0 Å². The molecule has 7 aliphatic rings. The number of anilines is 3. The first-order valence-electron chi connectivity index (χ1n) is 29.8. The molecule has 4 bridgehead atoms. The number of nitrogens with zero attached hydrogens (tertiary/aromatic N) is 1. The van der Waals surface area contributed by atoms with Gasteiger partial charge >= 0.3 is 0 Å². The molecule has 11 aromatic carbocycles. The monoisotopic (exact) mass is 1040 g/mol. The topological polar surface area (TPSA) is 3.24 Å².